The third-order valence-corrected chi connectivity index (χ3v) is 2.89. The van der Waals surface area contributed by atoms with E-state index in [0.29, 0.717) is 10.6 Å². The summed E-state index contributed by atoms with van der Waals surface area (Å²) in [7, 11) is 0. The fourth-order valence-corrected chi connectivity index (χ4v) is 1.88. The molecule has 0 radical (unpaired) electrons. The Morgan fingerprint density at radius 2 is 2.18 bits per heavy atom. The van der Waals surface area contributed by atoms with Crippen molar-refractivity contribution in [2.24, 2.45) is 0 Å². The minimum Gasteiger partial charge on any atom is -0.478 e. The predicted octanol–water partition coefficient (Wildman–Crippen LogP) is 1.73. The standard InChI is InChI=1S/C9H6Cl2N4O2/c10-7-2-1-5(9(16)17)8(11)6(7)3-15-13-4-12-14-15/h1-2,4H,3H2,(H,16,17). The van der Waals surface area contributed by atoms with Crippen LogP contribution in [0.3, 0.4) is 0 Å². The van der Waals surface area contributed by atoms with Gasteiger partial charge in [-0.2, -0.15) is 4.80 Å². The van der Waals surface area contributed by atoms with Crippen LogP contribution in [0.15, 0.2) is 18.5 Å². The molecule has 0 saturated carbocycles. The highest BCUT2D eigenvalue weighted by Crippen LogP contribution is 2.28. The van der Waals surface area contributed by atoms with Crippen LogP contribution >= 0.6 is 23.2 Å². The smallest absolute Gasteiger partial charge is 0.337 e. The van der Waals surface area contributed by atoms with Gasteiger partial charge in [0.25, 0.3) is 0 Å². The lowest BCUT2D eigenvalue weighted by atomic mass is 10.1. The molecule has 88 valence electrons. The van der Waals surface area contributed by atoms with Crippen LogP contribution in [0.25, 0.3) is 0 Å². The van der Waals surface area contributed by atoms with Gasteiger partial charge in [0.15, 0.2) is 6.33 Å². The Labute approximate surface area is 106 Å². The van der Waals surface area contributed by atoms with Crippen molar-refractivity contribution in [3.05, 3.63) is 39.6 Å². The first-order chi connectivity index (χ1) is 8.09. The summed E-state index contributed by atoms with van der Waals surface area (Å²) in [6.45, 7) is 0.165. The summed E-state index contributed by atoms with van der Waals surface area (Å²) in [5, 5.41) is 20.4. The Morgan fingerprint density at radius 1 is 1.41 bits per heavy atom. The number of carboxylic acid groups (broad SMARTS) is 1. The topological polar surface area (TPSA) is 80.9 Å². The maximum Gasteiger partial charge on any atom is 0.337 e. The van der Waals surface area contributed by atoms with Crippen molar-refractivity contribution < 1.29 is 9.90 Å². The van der Waals surface area contributed by atoms with Crippen LogP contribution in [0.5, 0.6) is 0 Å². The average Bonchev–Trinajstić information content (AvgIpc) is 2.76. The molecule has 1 heterocycles. The number of hydrogen-bond donors (Lipinski definition) is 1. The lowest BCUT2D eigenvalue weighted by molar-refractivity contribution is 0.0697. The molecule has 0 unspecified atom stereocenters. The molecule has 1 N–H and O–H groups in total. The van der Waals surface area contributed by atoms with Crippen LogP contribution in [0.4, 0.5) is 0 Å². The van der Waals surface area contributed by atoms with E-state index in [1.807, 2.05) is 0 Å². The quantitative estimate of drug-likeness (QED) is 0.920. The van der Waals surface area contributed by atoms with Gasteiger partial charge in [0.05, 0.1) is 17.1 Å². The van der Waals surface area contributed by atoms with Crippen molar-refractivity contribution in [2.45, 2.75) is 6.54 Å². The number of benzene rings is 1. The van der Waals surface area contributed by atoms with Crippen molar-refractivity contribution in [1.29, 1.82) is 0 Å². The number of carbonyl (C=O) groups is 1. The van der Waals surface area contributed by atoms with Crippen LogP contribution in [-0.2, 0) is 6.54 Å². The monoisotopic (exact) mass is 272 g/mol. The normalized spacial score (nSPS) is 10.5. The Morgan fingerprint density at radius 3 is 2.76 bits per heavy atom. The maximum atomic E-state index is 10.9. The Hall–Kier alpha value is -1.66. The molecule has 0 aliphatic heterocycles. The minimum absolute atomic E-state index is 0.00816. The van der Waals surface area contributed by atoms with Crippen LogP contribution in [-0.4, -0.2) is 31.3 Å². The van der Waals surface area contributed by atoms with Gasteiger partial charge in [-0.05, 0) is 17.3 Å². The number of tetrazole rings is 1. The summed E-state index contributed by atoms with van der Waals surface area (Å²) in [4.78, 5) is 12.2. The molecule has 0 spiro atoms. The molecule has 0 saturated heterocycles. The lowest BCUT2D eigenvalue weighted by Crippen LogP contribution is -2.07. The highest BCUT2D eigenvalue weighted by Gasteiger charge is 2.16. The average molecular weight is 273 g/mol. The summed E-state index contributed by atoms with van der Waals surface area (Å²) in [5.41, 5.74) is 0.442. The third-order valence-electron chi connectivity index (χ3n) is 2.11. The number of hydrogen-bond acceptors (Lipinski definition) is 4. The summed E-state index contributed by atoms with van der Waals surface area (Å²) < 4.78 is 0. The first kappa shape index (κ1) is 11.8. The first-order valence-corrected chi connectivity index (χ1v) is 5.26. The molecule has 0 amide bonds. The predicted molar refractivity (Wildman–Crippen MR) is 60.3 cm³/mol. The first-order valence-electron chi connectivity index (χ1n) is 4.50. The van der Waals surface area contributed by atoms with Crippen molar-refractivity contribution in [2.75, 3.05) is 0 Å². The Kier molecular flexibility index (Phi) is 3.26. The van der Waals surface area contributed by atoms with E-state index in [4.69, 9.17) is 28.3 Å². The van der Waals surface area contributed by atoms with Gasteiger partial charge < -0.3 is 5.11 Å². The van der Waals surface area contributed by atoms with Gasteiger partial charge in [0.1, 0.15) is 0 Å². The van der Waals surface area contributed by atoms with Gasteiger partial charge >= 0.3 is 5.97 Å². The molecular weight excluding hydrogens is 267 g/mol. The SMILES string of the molecule is O=C(O)c1ccc(Cl)c(Cn2ncnn2)c1Cl. The van der Waals surface area contributed by atoms with Crippen molar-refractivity contribution >= 4 is 29.2 Å². The fourth-order valence-electron chi connectivity index (χ4n) is 1.31. The lowest BCUT2D eigenvalue weighted by Gasteiger charge is -2.08. The molecule has 2 rings (SSSR count). The van der Waals surface area contributed by atoms with E-state index in [0.717, 1.165) is 0 Å². The molecule has 0 atom stereocenters. The van der Waals surface area contributed by atoms with Gasteiger partial charge in [0, 0.05) is 10.6 Å². The number of nitrogens with zero attached hydrogens (tertiary/aromatic N) is 4. The van der Waals surface area contributed by atoms with E-state index >= 15 is 0 Å². The molecule has 0 fully saturated rings. The molecule has 0 aliphatic carbocycles. The fraction of sp³-hybridized carbons (Fsp3) is 0.111. The largest absolute Gasteiger partial charge is 0.478 e. The Bertz CT molecular complexity index is 556. The highest BCUT2D eigenvalue weighted by atomic mass is 35.5. The summed E-state index contributed by atoms with van der Waals surface area (Å²) in [6, 6.07) is 2.83. The van der Waals surface area contributed by atoms with Crippen molar-refractivity contribution in [3.63, 3.8) is 0 Å². The molecule has 0 bridgehead atoms. The van der Waals surface area contributed by atoms with Crippen LogP contribution in [0.2, 0.25) is 10.0 Å². The molecule has 8 heteroatoms. The molecule has 2 aromatic rings. The second kappa shape index (κ2) is 4.68. The minimum atomic E-state index is -1.11. The number of rotatable bonds is 3. The molecular formula is C9H6Cl2N4O2. The van der Waals surface area contributed by atoms with Crippen molar-refractivity contribution in [1.82, 2.24) is 20.2 Å². The zero-order valence-electron chi connectivity index (χ0n) is 8.34. The van der Waals surface area contributed by atoms with E-state index < -0.39 is 5.97 Å². The van der Waals surface area contributed by atoms with Crippen LogP contribution in [0.1, 0.15) is 15.9 Å². The molecule has 6 nitrogen and oxygen atoms in total. The van der Waals surface area contributed by atoms with Crippen molar-refractivity contribution in [3.8, 4) is 0 Å². The molecule has 1 aromatic carbocycles. The van der Waals surface area contributed by atoms with Gasteiger partial charge in [-0.3, -0.25) is 0 Å². The number of aromatic carboxylic acids is 1. The Balaban J connectivity index is 2.45. The zero-order valence-corrected chi connectivity index (χ0v) is 9.85. The van der Waals surface area contributed by atoms with Crippen LogP contribution < -0.4 is 0 Å². The molecule has 1 aromatic heterocycles. The zero-order chi connectivity index (χ0) is 12.4. The van der Waals surface area contributed by atoms with E-state index in [-0.39, 0.29) is 17.1 Å². The van der Waals surface area contributed by atoms with E-state index in [1.54, 1.807) is 0 Å². The highest BCUT2D eigenvalue weighted by molar-refractivity contribution is 6.37. The van der Waals surface area contributed by atoms with Gasteiger partial charge in [-0.15, -0.1) is 10.2 Å². The third kappa shape index (κ3) is 2.37. The van der Waals surface area contributed by atoms with Gasteiger partial charge in [-0.25, -0.2) is 4.79 Å². The summed E-state index contributed by atoms with van der Waals surface area (Å²) >= 11 is 11.9. The molecule has 0 aliphatic rings. The summed E-state index contributed by atoms with van der Waals surface area (Å²) in [6.07, 6.45) is 1.27. The van der Waals surface area contributed by atoms with E-state index in [2.05, 4.69) is 15.4 Å². The number of aromatic nitrogens is 4. The van der Waals surface area contributed by atoms with E-state index in [1.165, 1.54) is 23.3 Å². The second-order valence-corrected chi connectivity index (χ2v) is 3.94. The molecule has 17 heavy (non-hydrogen) atoms. The number of halogens is 2. The van der Waals surface area contributed by atoms with Crippen LogP contribution in [0, 0.1) is 0 Å². The maximum absolute atomic E-state index is 10.9. The number of carboxylic acids is 1. The van der Waals surface area contributed by atoms with Gasteiger partial charge in [-0.1, -0.05) is 23.2 Å². The second-order valence-electron chi connectivity index (χ2n) is 3.16. The van der Waals surface area contributed by atoms with E-state index in [9.17, 15) is 4.79 Å². The summed E-state index contributed by atoms with van der Waals surface area (Å²) in [5.74, 6) is -1.11. The van der Waals surface area contributed by atoms with Gasteiger partial charge in [0.2, 0.25) is 0 Å².